The number of guanidine groups is 1. The van der Waals surface area contributed by atoms with Gasteiger partial charge in [-0.1, -0.05) is 6.07 Å². The lowest BCUT2D eigenvalue weighted by molar-refractivity contribution is 0.576. The summed E-state index contributed by atoms with van der Waals surface area (Å²) >= 11 is 0. The summed E-state index contributed by atoms with van der Waals surface area (Å²) in [6, 6.07) is 4.04. The zero-order valence-electron chi connectivity index (χ0n) is 15.0. The molecule has 0 aliphatic carbocycles. The Bertz CT molecular complexity index is 753. The van der Waals surface area contributed by atoms with Crippen LogP contribution in [0, 0.1) is 11.6 Å². The van der Waals surface area contributed by atoms with Gasteiger partial charge in [0, 0.05) is 46.0 Å². The van der Waals surface area contributed by atoms with E-state index in [-0.39, 0.29) is 11.7 Å². The normalized spacial score (nSPS) is 17.6. The maximum atomic E-state index is 13.9. The molecule has 140 valence electrons. The van der Waals surface area contributed by atoms with Gasteiger partial charge in [0.25, 0.3) is 0 Å². The lowest BCUT2D eigenvalue weighted by Crippen LogP contribution is -2.45. The van der Waals surface area contributed by atoms with E-state index >= 15 is 0 Å². The number of nitrogens with zero attached hydrogens (tertiary/aromatic N) is 4. The number of aromatic nitrogens is 2. The molecule has 1 unspecified atom stereocenters. The quantitative estimate of drug-likeness (QED) is 0.628. The molecule has 0 radical (unpaired) electrons. The number of aryl methyl sites for hydroxylation is 1. The van der Waals surface area contributed by atoms with E-state index in [4.69, 9.17) is 0 Å². The van der Waals surface area contributed by atoms with Crippen LogP contribution in [0.5, 0.6) is 0 Å². The second kappa shape index (κ2) is 8.16. The minimum atomic E-state index is -0.523. The maximum Gasteiger partial charge on any atom is 0.191 e. The molecule has 1 atom stereocenters. The van der Waals surface area contributed by atoms with Crippen LogP contribution >= 0.6 is 0 Å². The average molecular weight is 362 g/mol. The molecule has 1 saturated heterocycles. The van der Waals surface area contributed by atoms with Crippen molar-refractivity contribution in [3.63, 3.8) is 0 Å². The molecule has 2 aromatic rings. The van der Waals surface area contributed by atoms with Crippen LogP contribution in [0.3, 0.4) is 0 Å². The van der Waals surface area contributed by atoms with Crippen molar-refractivity contribution >= 4 is 11.6 Å². The number of anilines is 1. The number of halogens is 2. The van der Waals surface area contributed by atoms with Gasteiger partial charge < -0.3 is 15.5 Å². The fraction of sp³-hybridized carbons (Fsp3) is 0.444. The topological polar surface area (TPSA) is 57.5 Å². The molecule has 6 nitrogen and oxygen atoms in total. The first-order chi connectivity index (χ1) is 12.6. The van der Waals surface area contributed by atoms with Crippen LogP contribution in [-0.4, -0.2) is 48.5 Å². The van der Waals surface area contributed by atoms with Gasteiger partial charge in [-0.25, -0.2) is 8.78 Å². The highest BCUT2D eigenvalue weighted by molar-refractivity contribution is 5.80. The van der Waals surface area contributed by atoms with Gasteiger partial charge in [-0.2, -0.15) is 5.10 Å². The van der Waals surface area contributed by atoms with Crippen molar-refractivity contribution in [3.05, 3.63) is 47.8 Å². The third-order valence-corrected chi connectivity index (χ3v) is 4.47. The molecule has 26 heavy (non-hydrogen) atoms. The molecular formula is C18H24F2N6. The Kier molecular flexibility index (Phi) is 5.70. The van der Waals surface area contributed by atoms with Crippen LogP contribution in [-0.2, 0) is 13.5 Å². The van der Waals surface area contributed by atoms with Crippen LogP contribution in [0.15, 0.2) is 35.6 Å². The van der Waals surface area contributed by atoms with Crippen LogP contribution in [0.1, 0.15) is 12.0 Å². The highest BCUT2D eigenvalue weighted by Crippen LogP contribution is 2.26. The molecule has 2 heterocycles. The monoisotopic (exact) mass is 362 g/mol. The molecular weight excluding hydrogens is 338 g/mol. The summed E-state index contributed by atoms with van der Waals surface area (Å²) in [5.74, 6) is -0.357. The summed E-state index contributed by atoms with van der Waals surface area (Å²) in [6.07, 6.45) is 5.45. The summed E-state index contributed by atoms with van der Waals surface area (Å²) in [7, 11) is 3.60. The third kappa shape index (κ3) is 4.30. The van der Waals surface area contributed by atoms with Gasteiger partial charge in [-0.3, -0.25) is 9.67 Å². The minimum absolute atomic E-state index is 0.0522. The first-order valence-electron chi connectivity index (χ1n) is 8.70. The Morgan fingerprint density at radius 3 is 2.77 bits per heavy atom. The fourth-order valence-electron chi connectivity index (χ4n) is 3.19. The van der Waals surface area contributed by atoms with Crippen LogP contribution in [0.25, 0.3) is 0 Å². The average Bonchev–Trinajstić information content (AvgIpc) is 3.23. The van der Waals surface area contributed by atoms with E-state index in [0.29, 0.717) is 19.0 Å². The summed E-state index contributed by atoms with van der Waals surface area (Å²) in [5.41, 5.74) is 1.20. The van der Waals surface area contributed by atoms with Crippen molar-refractivity contribution < 1.29 is 8.78 Å². The number of hydrogen-bond acceptors (Lipinski definition) is 3. The Hall–Kier alpha value is -2.64. The van der Waals surface area contributed by atoms with Crippen molar-refractivity contribution in [2.24, 2.45) is 12.0 Å². The predicted molar refractivity (Wildman–Crippen MR) is 98.4 cm³/mol. The summed E-state index contributed by atoms with van der Waals surface area (Å²) in [6.45, 7) is 1.85. The Morgan fingerprint density at radius 2 is 2.12 bits per heavy atom. The van der Waals surface area contributed by atoms with Crippen molar-refractivity contribution in [1.82, 2.24) is 20.4 Å². The van der Waals surface area contributed by atoms with Gasteiger partial charge in [-0.15, -0.1) is 0 Å². The summed E-state index contributed by atoms with van der Waals surface area (Å²) in [4.78, 5) is 5.97. The Morgan fingerprint density at radius 1 is 1.35 bits per heavy atom. The van der Waals surface area contributed by atoms with E-state index in [1.807, 2.05) is 19.4 Å². The molecule has 1 fully saturated rings. The van der Waals surface area contributed by atoms with Crippen LogP contribution in [0.2, 0.25) is 0 Å². The zero-order valence-corrected chi connectivity index (χ0v) is 15.0. The summed E-state index contributed by atoms with van der Waals surface area (Å²) < 4.78 is 29.7. The molecule has 2 N–H and O–H groups in total. The largest absolute Gasteiger partial charge is 0.365 e. The van der Waals surface area contributed by atoms with Crippen molar-refractivity contribution in [1.29, 1.82) is 0 Å². The van der Waals surface area contributed by atoms with Gasteiger partial charge in [0.1, 0.15) is 17.3 Å². The first kappa shape index (κ1) is 18.2. The van der Waals surface area contributed by atoms with E-state index in [0.717, 1.165) is 24.9 Å². The zero-order chi connectivity index (χ0) is 18.5. The standard InChI is InChI=1S/C18H24F2N6/c1-21-18(22-8-6-13-10-23-25(2)11-13)24-14-7-9-26(12-14)17-15(19)4-3-5-16(17)20/h3-5,10-11,14H,6-9,12H2,1-2H3,(H2,21,22,24). The van der Waals surface area contributed by atoms with Crippen molar-refractivity contribution in [3.8, 4) is 0 Å². The molecule has 1 aromatic carbocycles. The minimum Gasteiger partial charge on any atom is -0.365 e. The van der Waals surface area contributed by atoms with Crippen LogP contribution < -0.4 is 15.5 Å². The first-order valence-corrected chi connectivity index (χ1v) is 8.70. The molecule has 8 heteroatoms. The van der Waals surface area contributed by atoms with E-state index in [2.05, 4.69) is 20.7 Å². The molecule has 1 aliphatic rings. The molecule has 1 aromatic heterocycles. The maximum absolute atomic E-state index is 13.9. The molecule has 0 amide bonds. The molecule has 3 rings (SSSR count). The lowest BCUT2D eigenvalue weighted by atomic mass is 10.2. The molecule has 0 saturated carbocycles. The van der Waals surface area contributed by atoms with Crippen molar-refractivity contribution in [2.45, 2.75) is 18.9 Å². The molecule has 0 spiro atoms. The number of nitrogens with one attached hydrogen (secondary N) is 2. The lowest BCUT2D eigenvalue weighted by Gasteiger charge is -2.21. The molecule has 1 aliphatic heterocycles. The predicted octanol–water partition coefficient (Wildman–Crippen LogP) is 1.68. The number of hydrogen-bond donors (Lipinski definition) is 2. The number of benzene rings is 1. The highest BCUT2D eigenvalue weighted by atomic mass is 19.1. The van der Waals surface area contributed by atoms with Gasteiger partial charge in [0.15, 0.2) is 5.96 Å². The third-order valence-electron chi connectivity index (χ3n) is 4.47. The Balaban J connectivity index is 1.50. The second-order valence-corrected chi connectivity index (χ2v) is 6.42. The molecule has 0 bridgehead atoms. The second-order valence-electron chi connectivity index (χ2n) is 6.42. The van der Waals surface area contributed by atoms with E-state index in [1.54, 1.807) is 16.6 Å². The Labute approximate surface area is 151 Å². The van der Waals surface area contributed by atoms with Crippen molar-refractivity contribution in [2.75, 3.05) is 31.6 Å². The highest BCUT2D eigenvalue weighted by Gasteiger charge is 2.27. The van der Waals surface area contributed by atoms with Gasteiger partial charge in [0.2, 0.25) is 0 Å². The van der Waals surface area contributed by atoms with E-state index < -0.39 is 11.6 Å². The SMILES string of the molecule is CN=C(NCCc1cnn(C)c1)NC1CCN(c2c(F)cccc2F)C1. The van der Waals surface area contributed by atoms with Crippen LogP contribution in [0.4, 0.5) is 14.5 Å². The van der Waals surface area contributed by atoms with Gasteiger partial charge in [-0.05, 0) is 30.5 Å². The number of rotatable bonds is 5. The van der Waals surface area contributed by atoms with E-state index in [1.165, 1.54) is 18.2 Å². The van der Waals surface area contributed by atoms with Gasteiger partial charge in [0.05, 0.1) is 6.20 Å². The summed E-state index contributed by atoms with van der Waals surface area (Å²) in [5, 5.41) is 10.7. The van der Waals surface area contributed by atoms with E-state index in [9.17, 15) is 8.78 Å². The fourth-order valence-corrected chi connectivity index (χ4v) is 3.19. The smallest absolute Gasteiger partial charge is 0.191 e. The number of aliphatic imine (C=N–C) groups is 1. The number of para-hydroxylation sites is 1. The van der Waals surface area contributed by atoms with Gasteiger partial charge >= 0.3 is 0 Å².